The zero-order valence-electron chi connectivity index (χ0n) is 10.0. The largest absolute Gasteiger partial charge is 0.493 e. The van der Waals surface area contributed by atoms with Crippen LogP contribution in [0, 0.1) is 0 Å². The fourth-order valence-electron chi connectivity index (χ4n) is 1.90. The summed E-state index contributed by atoms with van der Waals surface area (Å²) >= 11 is 5.49. The molecule has 0 aromatic heterocycles. The van der Waals surface area contributed by atoms with Crippen molar-refractivity contribution in [1.82, 2.24) is 0 Å². The average molecular weight is 316 g/mol. The summed E-state index contributed by atoms with van der Waals surface area (Å²) in [6.07, 6.45) is 2.11. The molecule has 0 radical (unpaired) electrons. The van der Waals surface area contributed by atoms with Crippen molar-refractivity contribution in [2.24, 2.45) is 5.73 Å². The summed E-state index contributed by atoms with van der Waals surface area (Å²) in [6.45, 7) is 2.88. The van der Waals surface area contributed by atoms with Crippen LogP contribution in [-0.2, 0) is 12.2 Å². The standard InChI is InChI=1S/C13H18BrNOS/c1-9(15)3-5-17-8-11-7-12(14)6-10-2-4-16-13(10)11/h6-7,9H,2-5,8,15H2,1H3. The molecule has 0 saturated heterocycles. The predicted molar refractivity (Wildman–Crippen MR) is 77.8 cm³/mol. The van der Waals surface area contributed by atoms with E-state index in [9.17, 15) is 0 Å². The summed E-state index contributed by atoms with van der Waals surface area (Å²) in [6, 6.07) is 4.63. The molecule has 4 heteroatoms. The summed E-state index contributed by atoms with van der Waals surface area (Å²) < 4.78 is 6.86. The van der Waals surface area contributed by atoms with E-state index in [0.29, 0.717) is 6.04 Å². The summed E-state index contributed by atoms with van der Waals surface area (Å²) in [7, 11) is 0. The highest BCUT2D eigenvalue weighted by Crippen LogP contribution is 2.35. The molecule has 2 N–H and O–H groups in total. The molecule has 1 unspecified atom stereocenters. The van der Waals surface area contributed by atoms with Gasteiger partial charge in [-0.3, -0.25) is 0 Å². The SMILES string of the molecule is CC(N)CCSCc1cc(Br)cc2c1OCC2. The number of rotatable bonds is 5. The van der Waals surface area contributed by atoms with Crippen LogP contribution in [0.25, 0.3) is 0 Å². The monoisotopic (exact) mass is 315 g/mol. The molecule has 0 bridgehead atoms. The Morgan fingerprint density at radius 1 is 1.53 bits per heavy atom. The highest BCUT2D eigenvalue weighted by atomic mass is 79.9. The molecule has 0 spiro atoms. The van der Waals surface area contributed by atoms with Gasteiger partial charge in [0.1, 0.15) is 5.75 Å². The lowest BCUT2D eigenvalue weighted by atomic mass is 10.1. The Morgan fingerprint density at radius 3 is 3.12 bits per heavy atom. The first-order valence-electron chi connectivity index (χ1n) is 5.94. The Labute approximate surface area is 115 Å². The van der Waals surface area contributed by atoms with Crippen molar-refractivity contribution in [2.45, 2.75) is 31.6 Å². The van der Waals surface area contributed by atoms with Gasteiger partial charge in [-0.15, -0.1) is 0 Å². The van der Waals surface area contributed by atoms with Crippen molar-refractivity contribution in [3.8, 4) is 5.75 Å². The number of benzene rings is 1. The van der Waals surface area contributed by atoms with Gasteiger partial charge >= 0.3 is 0 Å². The van der Waals surface area contributed by atoms with Gasteiger partial charge in [-0.05, 0) is 36.8 Å². The second-order valence-electron chi connectivity index (χ2n) is 4.47. The van der Waals surface area contributed by atoms with Crippen molar-refractivity contribution in [1.29, 1.82) is 0 Å². The molecule has 0 amide bonds. The Hall–Kier alpha value is -0.190. The minimum atomic E-state index is 0.298. The summed E-state index contributed by atoms with van der Waals surface area (Å²) in [5.74, 6) is 3.23. The number of ether oxygens (including phenoxy) is 1. The van der Waals surface area contributed by atoms with Crippen LogP contribution in [0.4, 0.5) is 0 Å². The molecule has 1 atom stereocenters. The topological polar surface area (TPSA) is 35.2 Å². The Kier molecular flexibility index (Phi) is 4.77. The molecule has 2 rings (SSSR count). The van der Waals surface area contributed by atoms with Gasteiger partial charge in [0.05, 0.1) is 6.61 Å². The van der Waals surface area contributed by atoms with Crippen molar-refractivity contribution < 1.29 is 4.74 Å². The lowest BCUT2D eigenvalue weighted by Gasteiger charge is -2.09. The average Bonchev–Trinajstić information content (AvgIpc) is 2.71. The van der Waals surface area contributed by atoms with Gasteiger partial charge < -0.3 is 10.5 Å². The quantitative estimate of drug-likeness (QED) is 0.846. The normalized spacial score (nSPS) is 15.5. The minimum Gasteiger partial charge on any atom is -0.493 e. The second kappa shape index (κ2) is 6.12. The number of hydrogen-bond acceptors (Lipinski definition) is 3. The predicted octanol–water partition coefficient (Wildman–Crippen LogP) is 3.35. The Morgan fingerprint density at radius 2 is 2.35 bits per heavy atom. The lowest BCUT2D eigenvalue weighted by molar-refractivity contribution is 0.354. The molecule has 94 valence electrons. The zero-order chi connectivity index (χ0) is 12.3. The van der Waals surface area contributed by atoms with Gasteiger partial charge in [-0.2, -0.15) is 11.8 Å². The molecular formula is C13H18BrNOS. The molecule has 1 aromatic carbocycles. The van der Waals surface area contributed by atoms with Crippen LogP contribution in [0.15, 0.2) is 16.6 Å². The lowest BCUT2D eigenvalue weighted by Crippen LogP contribution is -2.15. The maximum absolute atomic E-state index is 5.74. The van der Waals surface area contributed by atoms with E-state index in [2.05, 4.69) is 35.0 Å². The van der Waals surface area contributed by atoms with Gasteiger partial charge in [0.25, 0.3) is 0 Å². The molecule has 17 heavy (non-hydrogen) atoms. The first-order valence-corrected chi connectivity index (χ1v) is 7.89. The van der Waals surface area contributed by atoms with Crippen molar-refractivity contribution in [3.05, 3.63) is 27.7 Å². The Balaban J connectivity index is 1.96. The van der Waals surface area contributed by atoms with Gasteiger partial charge in [0.2, 0.25) is 0 Å². The minimum absolute atomic E-state index is 0.298. The fourth-order valence-corrected chi connectivity index (χ4v) is 3.57. The van der Waals surface area contributed by atoms with Crippen LogP contribution in [0.2, 0.25) is 0 Å². The second-order valence-corrected chi connectivity index (χ2v) is 6.49. The molecule has 0 saturated carbocycles. The first kappa shape index (κ1) is 13.2. The molecule has 1 aromatic rings. The highest BCUT2D eigenvalue weighted by molar-refractivity contribution is 9.10. The highest BCUT2D eigenvalue weighted by Gasteiger charge is 2.17. The van der Waals surface area contributed by atoms with E-state index in [0.717, 1.165) is 41.2 Å². The van der Waals surface area contributed by atoms with Crippen LogP contribution in [-0.4, -0.2) is 18.4 Å². The van der Waals surface area contributed by atoms with Gasteiger partial charge in [0, 0.05) is 28.3 Å². The number of hydrogen-bond donors (Lipinski definition) is 1. The van der Waals surface area contributed by atoms with E-state index in [4.69, 9.17) is 10.5 Å². The zero-order valence-corrected chi connectivity index (χ0v) is 12.4. The van der Waals surface area contributed by atoms with E-state index in [-0.39, 0.29) is 0 Å². The summed E-state index contributed by atoms with van der Waals surface area (Å²) in [4.78, 5) is 0. The summed E-state index contributed by atoms with van der Waals surface area (Å²) in [5.41, 5.74) is 8.38. The molecule has 1 heterocycles. The third-order valence-electron chi connectivity index (χ3n) is 2.80. The smallest absolute Gasteiger partial charge is 0.126 e. The van der Waals surface area contributed by atoms with Crippen LogP contribution >= 0.6 is 27.7 Å². The van der Waals surface area contributed by atoms with E-state index >= 15 is 0 Å². The number of fused-ring (bicyclic) bond motifs is 1. The molecule has 1 aliphatic rings. The maximum Gasteiger partial charge on any atom is 0.126 e. The van der Waals surface area contributed by atoms with E-state index in [1.165, 1.54) is 11.1 Å². The third-order valence-corrected chi connectivity index (χ3v) is 4.30. The molecule has 0 aliphatic carbocycles. The molecule has 1 aliphatic heterocycles. The van der Waals surface area contributed by atoms with Crippen molar-refractivity contribution >= 4 is 27.7 Å². The van der Waals surface area contributed by atoms with Crippen LogP contribution in [0.5, 0.6) is 5.75 Å². The van der Waals surface area contributed by atoms with Crippen molar-refractivity contribution in [3.63, 3.8) is 0 Å². The molecule has 2 nitrogen and oxygen atoms in total. The first-order chi connectivity index (χ1) is 8.16. The number of thioether (sulfide) groups is 1. The molecular weight excluding hydrogens is 298 g/mol. The van der Waals surface area contributed by atoms with Crippen molar-refractivity contribution in [2.75, 3.05) is 12.4 Å². The number of nitrogens with two attached hydrogens (primary N) is 1. The van der Waals surface area contributed by atoms with Crippen LogP contribution in [0.1, 0.15) is 24.5 Å². The van der Waals surface area contributed by atoms with Gasteiger partial charge in [-0.1, -0.05) is 15.9 Å². The van der Waals surface area contributed by atoms with E-state index in [1.807, 2.05) is 11.8 Å². The van der Waals surface area contributed by atoms with Gasteiger partial charge in [-0.25, -0.2) is 0 Å². The molecule has 0 fully saturated rings. The number of halogens is 1. The van der Waals surface area contributed by atoms with E-state index in [1.54, 1.807) is 0 Å². The van der Waals surface area contributed by atoms with E-state index < -0.39 is 0 Å². The van der Waals surface area contributed by atoms with Gasteiger partial charge in [0.15, 0.2) is 0 Å². The van der Waals surface area contributed by atoms with Crippen LogP contribution in [0.3, 0.4) is 0 Å². The van der Waals surface area contributed by atoms with Crippen LogP contribution < -0.4 is 10.5 Å². The maximum atomic E-state index is 5.74. The third kappa shape index (κ3) is 3.63. The Bertz CT molecular complexity index is 395. The fraction of sp³-hybridized carbons (Fsp3) is 0.538. The summed E-state index contributed by atoms with van der Waals surface area (Å²) in [5, 5.41) is 0.